The minimum atomic E-state index is 0.759. The van der Waals surface area contributed by atoms with Gasteiger partial charge in [-0.1, -0.05) is 19.1 Å². The van der Waals surface area contributed by atoms with Gasteiger partial charge >= 0.3 is 0 Å². The maximum Gasteiger partial charge on any atom is 0.0368 e. The van der Waals surface area contributed by atoms with E-state index in [-0.39, 0.29) is 0 Å². The predicted octanol–water partition coefficient (Wildman–Crippen LogP) is 2.78. The molecule has 0 amide bonds. The van der Waals surface area contributed by atoms with Gasteiger partial charge in [0.05, 0.1) is 0 Å². The number of rotatable bonds is 4. The molecule has 0 saturated carbocycles. The van der Waals surface area contributed by atoms with Gasteiger partial charge < -0.3 is 10.2 Å². The molecule has 1 aromatic rings. The van der Waals surface area contributed by atoms with Crippen LogP contribution in [-0.2, 0) is 6.54 Å². The second kappa shape index (κ2) is 5.35. The van der Waals surface area contributed by atoms with Crippen LogP contribution in [0.15, 0.2) is 24.3 Å². The molecule has 0 aromatic heterocycles. The summed E-state index contributed by atoms with van der Waals surface area (Å²) in [6.07, 6.45) is 3.96. The molecule has 88 valence electrons. The van der Waals surface area contributed by atoms with E-state index in [2.05, 4.69) is 41.4 Å². The van der Waals surface area contributed by atoms with Crippen molar-refractivity contribution in [2.24, 2.45) is 0 Å². The quantitative estimate of drug-likeness (QED) is 0.836. The first-order chi connectivity index (χ1) is 7.85. The van der Waals surface area contributed by atoms with E-state index in [1.54, 1.807) is 0 Å². The van der Waals surface area contributed by atoms with E-state index < -0.39 is 0 Å². The zero-order valence-corrected chi connectivity index (χ0v) is 10.4. The number of nitrogens with one attached hydrogen (secondary N) is 1. The number of anilines is 1. The molecule has 0 radical (unpaired) electrons. The fourth-order valence-electron chi connectivity index (χ4n) is 2.61. The van der Waals surface area contributed by atoms with Gasteiger partial charge in [0.25, 0.3) is 0 Å². The summed E-state index contributed by atoms with van der Waals surface area (Å²) >= 11 is 0. The fraction of sp³-hybridized carbons (Fsp3) is 0.571. The van der Waals surface area contributed by atoms with Crippen LogP contribution in [0.4, 0.5) is 5.69 Å². The Morgan fingerprint density at radius 2 is 2.06 bits per heavy atom. The van der Waals surface area contributed by atoms with Crippen LogP contribution >= 0.6 is 0 Å². The van der Waals surface area contributed by atoms with Crippen molar-refractivity contribution in [3.63, 3.8) is 0 Å². The maximum atomic E-state index is 3.18. The number of hydrogen-bond donors (Lipinski definition) is 1. The third-order valence-electron chi connectivity index (χ3n) is 3.50. The van der Waals surface area contributed by atoms with E-state index in [0.29, 0.717) is 0 Å². The lowest BCUT2D eigenvalue weighted by Gasteiger charge is -2.26. The van der Waals surface area contributed by atoms with Crippen LogP contribution in [0.2, 0.25) is 0 Å². The summed E-state index contributed by atoms with van der Waals surface area (Å²) in [5, 5.41) is 3.18. The average molecular weight is 218 g/mol. The smallest absolute Gasteiger partial charge is 0.0368 e. The van der Waals surface area contributed by atoms with E-state index in [1.807, 2.05) is 7.05 Å². The van der Waals surface area contributed by atoms with Crippen LogP contribution in [0.3, 0.4) is 0 Å². The summed E-state index contributed by atoms with van der Waals surface area (Å²) in [5.41, 5.74) is 2.75. The van der Waals surface area contributed by atoms with E-state index >= 15 is 0 Å². The summed E-state index contributed by atoms with van der Waals surface area (Å²) in [6.45, 7) is 4.47. The molecule has 16 heavy (non-hydrogen) atoms. The third kappa shape index (κ3) is 2.38. The number of hydrogen-bond acceptors (Lipinski definition) is 2. The highest BCUT2D eigenvalue weighted by Gasteiger charge is 2.22. The van der Waals surface area contributed by atoms with Gasteiger partial charge in [-0.05, 0) is 44.0 Å². The van der Waals surface area contributed by atoms with Crippen LogP contribution < -0.4 is 10.2 Å². The Balaban J connectivity index is 2.08. The van der Waals surface area contributed by atoms with Crippen molar-refractivity contribution in [1.29, 1.82) is 0 Å². The van der Waals surface area contributed by atoms with Gasteiger partial charge in [-0.15, -0.1) is 0 Å². The molecule has 1 aromatic carbocycles. The van der Waals surface area contributed by atoms with E-state index in [4.69, 9.17) is 0 Å². The summed E-state index contributed by atoms with van der Waals surface area (Å²) in [4.78, 5) is 2.56. The molecule has 1 atom stereocenters. The molecule has 1 fully saturated rings. The van der Waals surface area contributed by atoms with Crippen LogP contribution in [0.25, 0.3) is 0 Å². The van der Waals surface area contributed by atoms with Gasteiger partial charge in [0, 0.05) is 24.8 Å². The standard InChI is InChI=1S/C14H22N2/c1-3-13-5-4-10-16(13)14-8-6-12(7-9-14)11-15-2/h6-9,13,15H,3-5,10-11H2,1-2H3. The molecule has 1 aliphatic rings. The van der Waals surface area contributed by atoms with Gasteiger partial charge in [-0.3, -0.25) is 0 Å². The van der Waals surface area contributed by atoms with Gasteiger partial charge in [-0.25, -0.2) is 0 Å². The van der Waals surface area contributed by atoms with Crippen molar-refractivity contribution in [1.82, 2.24) is 5.32 Å². The molecule has 1 heterocycles. The Morgan fingerprint density at radius 3 is 2.69 bits per heavy atom. The molecule has 0 spiro atoms. The zero-order valence-electron chi connectivity index (χ0n) is 10.4. The van der Waals surface area contributed by atoms with Gasteiger partial charge in [-0.2, -0.15) is 0 Å². The van der Waals surface area contributed by atoms with Crippen LogP contribution in [-0.4, -0.2) is 19.6 Å². The molecule has 0 bridgehead atoms. The Hall–Kier alpha value is -1.02. The lowest BCUT2D eigenvalue weighted by molar-refractivity contribution is 0.645. The largest absolute Gasteiger partial charge is 0.369 e. The maximum absolute atomic E-state index is 3.18. The molecule has 1 N–H and O–H groups in total. The normalized spacial score (nSPS) is 20.4. The molecule has 1 saturated heterocycles. The van der Waals surface area contributed by atoms with Crippen LogP contribution in [0.1, 0.15) is 31.7 Å². The highest BCUT2D eigenvalue weighted by atomic mass is 15.2. The second-order valence-electron chi connectivity index (χ2n) is 4.59. The van der Waals surface area contributed by atoms with Crippen LogP contribution in [0, 0.1) is 0 Å². The first-order valence-corrected chi connectivity index (χ1v) is 6.35. The van der Waals surface area contributed by atoms with Gasteiger partial charge in [0.2, 0.25) is 0 Å². The molecule has 0 aliphatic carbocycles. The van der Waals surface area contributed by atoms with Crippen LogP contribution in [0.5, 0.6) is 0 Å². The van der Waals surface area contributed by atoms with Crippen molar-refractivity contribution >= 4 is 5.69 Å². The summed E-state index contributed by atoms with van der Waals surface area (Å²) in [5.74, 6) is 0. The zero-order chi connectivity index (χ0) is 11.4. The van der Waals surface area contributed by atoms with Crippen molar-refractivity contribution in [2.75, 3.05) is 18.5 Å². The molecular weight excluding hydrogens is 196 g/mol. The first kappa shape index (κ1) is 11.5. The van der Waals surface area contributed by atoms with E-state index in [9.17, 15) is 0 Å². The highest BCUT2D eigenvalue weighted by molar-refractivity contribution is 5.49. The predicted molar refractivity (Wildman–Crippen MR) is 69.9 cm³/mol. The molecule has 1 aliphatic heterocycles. The first-order valence-electron chi connectivity index (χ1n) is 6.35. The van der Waals surface area contributed by atoms with E-state index in [1.165, 1.54) is 37.1 Å². The Labute approximate surface area is 98.7 Å². The average Bonchev–Trinajstić information content (AvgIpc) is 2.78. The lowest BCUT2D eigenvalue weighted by Crippen LogP contribution is -2.28. The topological polar surface area (TPSA) is 15.3 Å². The fourth-order valence-corrected chi connectivity index (χ4v) is 2.61. The number of nitrogens with zero attached hydrogens (tertiary/aromatic N) is 1. The molecule has 2 heteroatoms. The summed E-state index contributed by atoms with van der Waals surface area (Å²) in [6, 6.07) is 9.75. The Bertz CT molecular complexity index is 318. The lowest BCUT2D eigenvalue weighted by atomic mass is 10.1. The van der Waals surface area contributed by atoms with Crippen molar-refractivity contribution in [2.45, 2.75) is 38.8 Å². The molecule has 1 unspecified atom stereocenters. The molecular formula is C14H22N2. The van der Waals surface area contributed by atoms with Gasteiger partial charge in [0.15, 0.2) is 0 Å². The summed E-state index contributed by atoms with van der Waals surface area (Å²) < 4.78 is 0. The summed E-state index contributed by atoms with van der Waals surface area (Å²) in [7, 11) is 1.99. The second-order valence-corrected chi connectivity index (χ2v) is 4.59. The third-order valence-corrected chi connectivity index (χ3v) is 3.50. The molecule has 2 rings (SSSR count). The Morgan fingerprint density at radius 1 is 1.31 bits per heavy atom. The SMILES string of the molecule is CCC1CCCN1c1ccc(CNC)cc1. The van der Waals surface area contributed by atoms with Crippen molar-refractivity contribution in [3.8, 4) is 0 Å². The molecule has 2 nitrogen and oxygen atoms in total. The van der Waals surface area contributed by atoms with Crippen molar-refractivity contribution < 1.29 is 0 Å². The van der Waals surface area contributed by atoms with E-state index in [0.717, 1.165) is 12.6 Å². The van der Waals surface area contributed by atoms with Crippen molar-refractivity contribution in [3.05, 3.63) is 29.8 Å². The monoisotopic (exact) mass is 218 g/mol. The Kier molecular flexibility index (Phi) is 3.83. The number of benzene rings is 1. The van der Waals surface area contributed by atoms with Gasteiger partial charge in [0.1, 0.15) is 0 Å². The minimum absolute atomic E-state index is 0.759. The minimum Gasteiger partial charge on any atom is -0.369 e. The highest BCUT2D eigenvalue weighted by Crippen LogP contribution is 2.27.